The van der Waals surface area contributed by atoms with E-state index in [1.165, 1.54) is 135 Å². The van der Waals surface area contributed by atoms with Gasteiger partial charge in [0.25, 0.3) is 0 Å². The lowest BCUT2D eigenvalue weighted by molar-refractivity contribution is -0.150. The fourth-order valence-electron chi connectivity index (χ4n) is 7.04. The summed E-state index contributed by atoms with van der Waals surface area (Å²) in [6, 6.07) is -1.38. The number of hydrogen-bond acceptors (Lipinski definition) is 6. The third-order valence-electron chi connectivity index (χ3n) is 10.7. The number of unbranched alkanes of at least 4 members (excludes halogenated alkanes) is 25. The second kappa shape index (κ2) is 42.9. The molecule has 4 N–H and O–H groups in total. The molecule has 0 aliphatic rings. The Morgan fingerprint density at radius 2 is 0.947 bits per heavy atom. The first-order valence-corrected chi connectivity index (χ1v) is 23.7. The van der Waals surface area contributed by atoms with Crippen LogP contribution >= 0.6 is 0 Å². The number of aliphatic hydroxyl groups excluding tert-OH is 1. The molecule has 0 saturated heterocycles. The molecule has 0 radical (unpaired) electrons. The van der Waals surface area contributed by atoms with E-state index in [9.17, 15) is 19.2 Å². The molecule has 9 nitrogen and oxygen atoms in total. The Balaban J connectivity index is 3.98. The molecule has 0 bridgehead atoms. The molecule has 0 spiro atoms. The number of carboxylic acid groups (broad SMARTS) is 1. The maximum atomic E-state index is 12.7. The number of allylic oxidation sites excluding steroid dienone is 4. The van der Waals surface area contributed by atoms with Gasteiger partial charge in [-0.1, -0.05) is 173 Å². The number of carboxylic acids is 1. The molecular weight excluding hydrogens is 717 g/mol. The summed E-state index contributed by atoms with van der Waals surface area (Å²) in [4.78, 5) is 47.5. The van der Waals surface area contributed by atoms with Crippen molar-refractivity contribution < 1.29 is 34.1 Å². The van der Waals surface area contributed by atoms with E-state index in [0.29, 0.717) is 19.3 Å². The highest BCUT2D eigenvalue weighted by atomic mass is 16.5. The van der Waals surface area contributed by atoms with Crippen LogP contribution in [-0.4, -0.2) is 59.3 Å². The highest BCUT2D eigenvalue weighted by Gasteiger charge is 2.19. The number of esters is 1. The van der Waals surface area contributed by atoms with E-state index < -0.39 is 24.5 Å². The fraction of sp³-hybridized carbons (Fsp3) is 0.833. The number of aliphatic carboxylic acids is 1. The summed E-state index contributed by atoms with van der Waals surface area (Å²) in [6.07, 6.45) is 48.0. The normalized spacial score (nSPS) is 12.6. The molecule has 332 valence electrons. The minimum absolute atomic E-state index is 0.00872. The maximum Gasteiger partial charge on any atom is 0.328 e. The van der Waals surface area contributed by atoms with Gasteiger partial charge in [-0.15, -0.1) is 0 Å². The zero-order chi connectivity index (χ0) is 41.9. The molecule has 0 fully saturated rings. The summed E-state index contributed by atoms with van der Waals surface area (Å²) in [6.45, 7) is 3.46. The van der Waals surface area contributed by atoms with E-state index in [1.54, 1.807) is 0 Å². The van der Waals surface area contributed by atoms with Crippen molar-refractivity contribution >= 4 is 23.8 Å². The number of nitrogens with one attached hydrogen (secondary N) is 2. The van der Waals surface area contributed by atoms with Crippen LogP contribution in [0.2, 0.25) is 0 Å². The van der Waals surface area contributed by atoms with Crippen LogP contribution in [0.5, 0.6) is 0 Å². The lowest BCUT2D eigenvalue weighted by atomic mass is 10.0. The zero-order valence-electron chi connectivity index (χ0n) is 36.9. The summed E-state index contributed by atoms with van der Waals surface area (Å²) >= 11 is 0. The largest absolute Gasteiger partial charge is 0.480 e. The molecule has 57 heavy (non-hydrogen) atoms. The molecule has 2 amide bonds. The summed E-state index contributed by atoms with van der Waals surface area (Å²) < 4.78 is 6.00. The number of carbonyl (C=O) groups excluding carboxylic acids is 3. The lowest BCUT2D eigenvalue weighted by Gasteiger charge is -2.18. The van der Waals surface area contributed by atoms with Crippen LogP contribution in [0, 0.1) is 0 Å². The number of aliphatic hydroxyl groups is 1. The van der Waals surface area contributed by atoms with Crippen LogP contribution in [0.15, 0.2) is 24.3 Å². The zero-order valence-corrected chi connectivity index (χ0v) is 36.9. The van der Waals surface area contributed by atoms with Crippen LogP contribution < -0.4 is 10.6 Å². The van der Waals surface area contributed by atoms with Gasteiger partial charge < -0.3 is 25.6 Å². The van der Waals surface area contributed by atoms with E-state index in [1.807, 2.05) is 0 Å². The number of amides is 2. The topological polar surface area (TPSA) is 142 Å². The molecule has 0 aliphatic heterocycles. The van der Waals surface area contributed by atoms with Gasteiger partial charge in [-0.2, -0.15) is 0 Å². The van der Waals surface area contributed by atoms with Crippen molar-refractivity contribution in [1.82, 2.24) is 10.6 Å². The van der Waals surface area contributed by atoms with E-state index in [2.05, 4.69) is 48.8 Å². The quantitative estimate of drug-likeness (QED) is 0.0273. The van der Waals surface area contributed by atoms with Gasteiger partial charge in [0.15, 0.2) is 0 Å². The number of rotatable bonds is 43. The molecule has 0 rings (SSSR count). The third-order valence-corrected chi connectivity index (χ3v) is 10.7. The summed E-state index contributed by atoms with van der Waals surface area (Å²) in [5, 5.41) is 22.5. The predicted octanol–water partition coefficient (Wildman–Crippen LogP) is 12.0. The number of ether oxygens (including phenoxy) is 1. The lowest BCUT2D eigenvalue weighted by Crippen LogP contribution is -2.47. The molecular formula is C48H88N2O7. The standard InChI is InChI=1S/C48H88N2O7/c1-3-5-7-9-11-12-13-14-15-16-17-18-19-20-21-22-23-24-25-26-27-32-36-40-47(54)57-43(37-33-29-10-8-6-4-2)38-34-30-28-31-35-39-45(52)49-41-46(53)50-44(42-51)48(55)56/h13-14,16-17,43-44,51H,3-12,15,18-42H2,1-2H3,(H,49,52)(H,50,53)(H,55,56)/b14-13-,17-16-. The van der Waals surface area contributed by atoms with Gasteiger partial charge >= 0.3 is 11.9 Å². The maximum absolute atomic E-state index is 12.7. The number of carbonyl (C=O) groups is 4. The Labute approximate surface area is 349 Å². The highest BCUT2D eigenvalue weighted by Crippen LogP contribution is 2.19. The summed E-state index contributed by atoms with van der Waals surface area (Å²) in [7, 11) is 0. The third kappa shape index (κ3) is 39.9. The minimum atomic E-state index is -1.38. The molecule has 0 aliphatic carbocycles. The van der Waals surface area contributed by atoms with Gasteiger partial charge in [-0.3, -0.25) is 14.4 Å². The van der Waals surface area contributed by atoms with Gasteiger partial charge in [0.05, 0.1) is 13.2 Å². The minimum Gasteiger partial charge on any atom is -0.480 e. The van der Waals surface area contributed by atoms with E-state index >= 15 is 0 Å². The molecule has 0 heterocycles. The van der Waals surface area contributed by atoms with Gasteiger partial charge in [0, 0.05) is 12.8 Å². The average molecular weight is 805 g/mol. The van der Waals surface area contributed by atoms with Crippen molar-refractivity contribution in [1.29, 1.82) is 0 Å². The predicted molar refractivity (Wildman–Crippen MR) is 236 cm³/mol. The fourth-order valence-corrected chi connectivity index (χ4v) is 7.04. The first-order chi connectivity index (χ1) is 27.8. The van der Waals surface area contributed by atoms with Gasteiger partial charge in [0.2, 0.25) is 11.8 Å². The number of hydrogen-bond donors (Lipinski definition) is 4. The van der Waals surface area contributed by atoms with Crippen LogP contribution in [0.1, 0.15) is 232 Å². The van der Waals surface area contributed by atoms with Crippen molar-refractivity contribution in [3.8, 4) is 0 Å². The van der Waals surface area contributed by atoms with E-state index in [-0.39, 0.29) is 24.5 Å². The first kappa shape index (κ1) is 54.3. The molecule has 0 saturated carbocycles. The first-order valence-electron chi connectivity index (χ1n) is 23.7. The molecule has 2 unspecified atom stereocenters. The van der Waals surface area contributed by atoms with Crippen molar-refractivity contribution in [3.05, 3.63) is 24.3 Å². The Morgan fingerprint density at radius 1 is 0.526 bits per heavy atom. The van der Waals surface area contributed by atoms with Crippen molar-refractivity contribution in [2.75, 3.05) is 13.2 Å². The molecule has 0 aromatic rings. The smallest absolute Gasteiger partial charge is 0.328 e. The monoisotopic (exact) mass is 805 g/mol. The van der Waals surface area contributed by atoms with Crippen molar-refractivity contribution in [2.45, 2.75) is 244 Å². The van der Waals surface area contributed by atoms with Crippen molar-refractivity contribution in [2.24, 2.45) is 0 Å². The summed E-state index contributed by atoms with van der Waals surface area (Å²) in [5.41, 5.74) is 0. The molecule has 0 aromatic heterocycles. The SMILES string of the molecule is CCCCCCC/C=C\C/C=C\CCCCCCCCCCCCCC(=O)OC(CCCCCCCC)CCCCCCCC(=O)NCC(=O)NC(CO)C(=O)O. The Morgan fingerprint density at radius 3 is 1.40 bits per heavy atom. The van der Waals surface area contributed by atoms with Crippen LogP contribution in [0.25, 0.3) is 0 Å². The van der Waals surface area contributed by atoms with Gasteiger partial charge in [0.1, 0.15) is 12.1 Å². The van der Waals surface area contributed by atoms with E-state index in [0.717, 1.165) is 64.2 Å². The second-order valence-corrected chi connectivity index (χ2v) is 16.2. The Bertz CT molecular complexity index is 1010. The second-order valence-electron chi connectivity index (χ2n) is 16.2. The Kier molecular flexibility index (Phi) is 40.9. The highest BCUT2D eigenvalue weighted by molar-refractivity contribution is 5.87. The van der Waals surface area contributed by atoms with E-state index in [4.69, 9.17) is 14.9 Å². The van der Waals surface area contributed by atoms with Crippen LogP contribution in [0.4, 0.5) is 0 Å². The Hall–Kier alpha value is -2.68. The van der Waals surface area contributed by atoms with Gasteiger partial charge in [-0.05, 0) is 70.6 Å². The van der Waals surface area contributed by atoms with Crippen molar-refractivity contribution in [3.63, 3.8) is 0 Å². The van der Waals surface area contributed by atoms with Crippen LogP contribution in [0.3, 0.4) is 0 Å². The molecule has 9 heteroatoms. The molecule has 2 atom stereocenters. The summed E-state index contributed by atoms with van der Waals surface area (Å²) in [5.74, 6) is -2.29. The van der Waals surface area contributed by atoms with Gasteiger partial charge in [-0.25, -0.2) is 4.79 Å². The molecule has 0 aromatic carbocycles. The average Bonchev–Trinajstić information content (AvgIpc) is 3.20. The van der Waals surface area contributed by atoms with Crippen LogP contribution in [-0.2, 0) is 23.9 Å².